The van der Waals surface area contributed by atoms with E-state index in [0.29, 0.717) is 0 Å². The third-order valence-corrected chi connectivity index (χ3v) is 6.44. The summed E-state index contributed by atoms with van der Waals surface area (Å²) < 4.78 is 0. The molecule has 0 aliphatic carbocycles. The maximum absolute atomic E-state index is 2.65. The summed E-state index contributed by atoms with van der Waals surface area (Å²) in [7, 11) is 4.60. The molecule has 3 aliphatic rings. The third-order valence-electron chi connectivity index (χ3n) is 6.44. The molecule has 0 amide bonds. The van der Waals surface area contributed by atoms with E-state index in [-0.39, 0.29) is 0 Å². The lowest BCUT2D eigenvalue weighted by molar-refractivity contribution is 0.134. The Morgan fingerprint density at radius 2 is 1.82 bits per heavy atom. The molecule has 0 N–H and O–H groups in total. The van der Waals surface area contributed by atoms with Crippen molar-refractivity contribution in [2.75, 3.05) is 25.5 Å². The molecule has 0 radical (unpaired) electrons. The molecule has 120 valence electrons. The van der Waals surface area contributed by atoms with Crippen molar-refractivity contribution in [3.05, 3.63) is 29.3 Å². The Morgan fingerprint density at radius 3 is 2.55 bits per heavy atom. The van der Waals surface area contributed by atoms with Gasteiger partial charge in [-0.25, -0.2) is 0 Å². The molecule has 2 fully saturated rings. The van der Waals surface area contributed by atoms with Gasteiger partial charge in [-0.05, 0) is 74.6 Å². The van der Waals surface area contributed by atoms with Gasteiger partial charge in [-0.15, -0.1) is 0 Å². The zero-order chi connectivity index (χ0) is 15.3. The van der Waals surface area contributed by atoms with Gasteiger partial charge >= 0.3 is 0 Å². The van der Waals surface area contributed by atoms with Crippen molar-refractivity contribution in [1.29, 1.82) is 0 Å². The van der Waals surface area contributed by atoms with Crippen LogP contribution in [0.3, 0.4) is 0 Å². The molecule has 3 aliphatic heterocycles. The molecule has 2 saturated heterocycles. The quantitative estimate of drug-likeness (QED) is 0.821. The molecular formula is C20H30N2. The summed E-state index contributed by atoms with van der Waals surface area (Å²) in [5, 5.41) is 0. The first kappa shape index (κ1) is 14.6. The molecule has 2 bridgehead atoms. The number of hydrogen-bond acceptors (Lipinski definition) is 2. The molecule has 1 aromatic carbocycles. The van der Waals surface area contributed by atoms with E-state index >= 15 is 0 Å². The van der Waals surface area contributed by atoms with Crippen LogP contribution in [0.25, 0.3) is 0 Å². The Labute approximate surface area is 135 Å². The third kappa shape index (κ3) is 2.56. The normalized spacial score (nSPS) is 34.8. The van der Waals surface area contributed by atoms with Crippen LogP contribution < -0.4 is 4.90 Å². The molecule has 0 spiro atoms. The number of rotatable bonds is 2. The summed E-state index contributed by atoms with van der Waals surface area (Å²) in [6.07, 6.45) is 8.23. The second kappa shape index (κ2) is 5.56. The maximum Gasteiger partial charge on any atom is 0.0399 e. The maximum atomic E-state index is 2.65. The predicted molar refractivity (Wildman–Crippen MR) is 93.6 cm³/mol. The van der Waals surface area contributed by atoms with Gasteiger partial charge in [-0.3, -0.25) is 0 Å². The zero-order valence-corrected chi connectivity index (χ0v) is 14.4. The van der Waals surface area contributed by atoms with Gasteiger partial charge in [0, 0.05) is 31.4 Å². The summed E-state index contributed by atoms with van der Waals surface area (Å²) in [5.41, 5.74) is 4.61. The Kier molecular flexibility index (Phi) is 3.68. The van der Waals surface area contributed by atoms with E-state index in [1.165, 1.54) is 50.8 Å². The standard InChI is InChI=1S/C20H30N2/c1-14-8-17-5-4-15(12-20(17)21(2)13-14)9-16-10-18-6-7-19(11-16)22(18)3/h4-5,12,14,16,18-19H,6-11,13H2,1-3H3. The second-order valence-electron chi connectivity index (χ2n) is 8.24. The average molecular weight is 298 g/mol. The molecule has 1 aromatic rings. The number of hydrogen-bond donors (Lipinski definition) is 0. The van der Waals surface area contributed by atoms with Gasteiger partial charge in [0.15, 0.2) is 0 Å². The average Bonchev–Trinajstić information content (AvgIpc) is 2.71. The van der Waals surface area contributed by atoms with Crippen LogP contribution in [0, 0.1) is 11.8 Å². The van der Waals surface area contributed by atoms with Gasteiger partial charge in [0.25, 0.3) is 0 Å². The van der Waals surface area contributed by atoms with E-state index in [0.717, 1.165) is 23.9 Å². The minimum atomic E-state index is 0.785. The number of piperidine rings is 1. The summed E-state index contributed by atoms with van der Waals surface area (Å²) >= 11 is 0. The largest absolute Gasteiger partial charge is 0.374 e. The molecule has 3 heterocycles. The molecule has 2 nitrogen and oxygen atoms in total. The zero-order valence-electron chi connectivity index (χ0n) is 14.4. The van der Waals surface area contributed by atoms with Crippen LogP contribution in [0.1, 0.15) is 43.7 Å². The van der Waals surface area contributed by atoms with Crippen LogP contribution in [-0.2, 0) is 12.8 Å². The Hall–Kier alpha value is -1.02. The Bertz CT molecular complexity index is 539. The van der Waals surface area contributed by atoms with E-state index in [4.69, 9.17) is 0 Å². The Balaban J connectivity index is 1.49. The first-order valence-electron chi connectivity index (χ1n) is 9.15. The molecule has 22 heavy (non-hydrogen) atoms. The van der Waals surface area contributed by atoms with E-state index in [2.05, 4.69) is 49.0 Å². The van der Waals surface area contributed by atoms with E-state index in [9.17, 15) is 0 Å². The highest BCUT2D eigenvalue weighted by atomic mass is 15.2. The monoisotopic (exact) mass is 298 g/mol. The predicted octanol–water partition coefficient (Wildman–Crippen LogP) is 3.73. The number of anilines is 1. The van der Waals surface area contributed by atoms with E-state index in [1.807, 2.05) is 0 Å². The summed E-state index contributed by atoms with van der Waals surface area (Å²) in [4.78, 5) is 5.11. The van der Waals surface area contributed by atoms with Gasteiger partial charge in [-0.2, -0.15) is 0 Å². The van der Waals surface area contributed by atoms with Crippen molar-refractivity contribution >= 4 is 5.69 Å². The highest BCUT2D eigenvalue weighted by Crippen LogP contribution is 2.39. The fraction of sp³-hybridized carbons (Fsp3) is 0.700. The summed E-state index contributed by atoms with van der Waals surface area (Å²) in [6.45, 7) is 3.57. The van der Waals surface area contributed by atoms with Gasteiger partial charge in [-0.1, -0.05) is 19.1 Å². The van der Waals surface area contributed by atoms with Crippen molar-refractivity contribution < 1.29 is 0 Å². The molecule has 0 saturated carbocycles. The van der Waals surface area contributed by atoms with Crippen molar-refractivity contribution in [3.63, 3.8) is 0 Å². The minimum absolute atomic E-state index is 0.785. The molecule has 3 atom stereocenters. The van der Waals surface area contributed by atoms with Gasteiger partial charge in [0.2, 0.25) is 0 Å². The van der Waals surface area contributed by atoms with Crippen molar-refractivity contribution in [1.82, 2.24) is 4.90 Å². The lowest BCUT2D eigenvalue weighted by atomic mass is 9.85. The first-order chi connectivity index (χ1) is 10.6. The van der Waals surface area contributed by atoms with Crippen LogP contribution in [0.15, 0.2) is 18.2 Å². The smallest absolute Gasteiger partial charge is 0.0399 e. The fourth-order valence-corrected chi connectivity index (χ4v) is 5.29. The molecule has 3 unspecified atom stereocenters. The highest BCUT2D eigenvalue weighted by molar-refractivity contribution is 5.57. The summed E-state index contributed by atoms with van der Waals surface area (Å²) in [6, 6.07) is 9.03. The van der Waals surface area contributed by atoms with E-state index in [1.54, 1.807) is 11.1 Å². The molecular weight excluding hydrogens is 268 g/mol. The number of nitrogens with zero attached hydrogens (tertiary/aromatic N) is 2. The van der Waals surface area contributed by atoms with Crippen LogP contribution >= 0.6 is 0 Å². The van der Waals surface area contributed by atoms with Crippen LogP contribution in [0.2, 0.25) is 0 Å². The fourth-order valence-electron chi connectivity index (χ4n) is 5.29. The summed E-state index contributed by atoms with van der Waals surface area (Å²) in [5.74, 6) is 1.69. The van der Waals surface area contributed by atoms with E-state index < -0.39 is 0 Å². The van der Waals surface area contributed by atoms with Crippen molar-refractivity contribution in [2.24, 2.45) is 11.8 Å². The van der Waals surface area contributed by atoms with Crippen molar-refractivity contribution in [2.45, 2.75) is 57.5 Å². The van der Waals surface area contributed by atoms with Gasteiger partial charge in [0.1, 0.15) is 0 Å². The number of fused-ring (bicyclic) bond motifs is 3. The van der Waals surface area contributed by atoms with Crippen LogP contribution in [0.5, 0.6) is 0 Å². The van der Waals surface area contributed by atoms with Gasteiger partial charge in [0.05, 0.1) is 0 Å². The van der Waals surface area contributed by atoms with Crippen LogP contribution in [0.4, 0.5) is 5.69 Å². The topological polar surface area (TPSA) is 6.48 Å². The Morgan fingerprint density at radius 1 is 1.09 bits per heavy atom. The minimum Gasteiger partial charge on any atom is -0.374 e. The lowest BCUT2D eigenvalue weighted by Crippen LogP contribution is -2.40. The number of benzene rings is 1. The molecule has 4 rings (SSSR count). The first-order valence-corrected chi connectivity index (χ1v) is 9.15. The van der Waals surface area contributed by atoms with Crippen LogP contribution in [-0.4, -0.2) is 37.6 Å². The van der Waals surface area contributed by atoms with Gasteiger partial charge < -0.3 is 9.80 Å². The highest BCUT2D eigenvalue weighted by Gasteiger charge is 2.38. The molecule has 2 heteroatoms. The van der Waals surface area contributed by atoms with Crippen molar-refractivity contribution in [3.8, 4) is 0 Å². The lowest BCUT2D eigenvalue weighted by Gasteiger charge is -2.37. The second-order valence-corrected chi connectivity index (χ2v) is 8.24. The SMILES string of the molecule is CC1Cc2ccc(CC3CC4CCC(C3)N4C)cc2N(C)C1. The molecule has 0 aromatic heterocycles.